The third-order valence-electron chi connectivity index (χ3n) is 4.17. The Bertz CT molecular complexity index is 730. The Balaban J connectivity index is 1.63. The topological polar surface area (TPSA) is 58.6 Å². The molecule has 3 rings (SSSR count). The highest BCUT2D eigenvalue weighted by molar-refractivity contribution is 5.98. The number of nitrogens with one attached hydrogen (secondary N) is 1. The van der Waals surface area contributed by atoms with Gasteiger partial charge in [-0.05, 0) is 17.7 Å². The third-order valence-corrected chi connectivity index (χ3v) is 4.17. The summed E-state index contributed by atoms with van der Waals surface area (Å²) in [7, 11) is 1.56. The molecule has 1 atom stereocenters. The van der Waals surface area contributed by atoms with Gasteiger partial charge in [-0.2, -0.15) is 0 Å². The number of ether oxygens (including phenoxy) is 1. The van der Waals surface area contributed by atoms with Crippen LogP contribution in [0.25, 0.3) is 0 Å². The van der Waals surface area contributed by atoms with E-state index < -0.39 is 0 Å². The van der Waals surface area contributed by atoms with Crippen molar-refractivity contribution in [2.24, 2.45) is 5.92 Å². The lowest BCUT2D eigenvalue weighted by Crippen LogP contribution is -2.28. The predicted octanol–water partition coefficient (Wildman–Crippen LogP) is 2.68. The Labute approximate surface area is 141 Å². The van der Waals surface area contributed by atoms with Gasteiger partial charge in [-0.3, -0.25) is 9.59 Å². The quantitative estimate of drug-likeness (QED) is 0.920. The maximum atomic E-state index is 12.5. The van der Waals surface area contributed by atoms with Crippen LogP contribution in [-0.4, -0.2) is 30.4 Å². The molecule has 5 nitrogen and oxygen atoms in total. The molecule has 0 aromatic heterocycles. The van der Waals surface area contributed by atoms with E-state index in [9.17, 15) is 9.59 Å². The molecule has 1 saturated heterocycles. The van der Waals surface area contributed by atoms with Gasteiger partial charge in [-0.1, -0.05) is 42.5 Å². The lowest BCUT2D eigenvalue weighted by molar-refractivity contribution is -0.128. The molecule has 0 unspecified atom stereocenters. The molecular formula is C19H20N2O3. The van der Waals surface area contributed by atoms with E-state index in [1.165, 1.54) is 0 Å². The maximum absolute atomic E-state index is 12.5. The molecular weight excluding hydrogens is 304 g/mol. The molecule has 5 heteroatoms. The largest absolute Gasteiger partial charge is 0.495 e. The SMILES string of the molecule is COc1ccccc1NC(=O)[C@H]1CC(=O)N(Cc2ccccc2)C1. The molecule has 0 spiro atoms. The van der Waals surface area contributed by atoms with Crippen LogP contribution in [0.2, 0.25) is 0 Å². The van der Waals surface area contributed by atoms with Crippen LogP contribution in [0.15, 0.2) is 54.6 Å². The van der Waals surface area contributed by atoms with Crippen molar-refractivity contribution >= 4 is 17.5 Å². The molecule has 0 bridgehead atoms. The number of rotatable bonds is 5. The normalized spacial score (nSPS) is 17.0. The number of amides is 2. The number of carbonyl (C=O) groups is 2. The second kappa shape index (κ2) is 7.17. The molecule has 0 saturated carbocycles. The standard InChI is InChI=1S/C19H20N2O3/c1-24-17-10-6-5-9-16(17)20-19(23)15-11-18(22)21(13-15)12-14-7-3-2-4-8-14/h2-10,15H,11-13H2,1H3,(H,20,23)/t15-/m0/s1. The van der Waals surface area contributed by atoms with Crippen molar-refractivity contribution in [3.05, 3.63) is 60.2 Å². The Morgan fingerprint density at radius 3 is 2.62 bits per heavy atom. The summed E-state index contributed by atoms with van der Waals surface area (Å²) in [5.74, 6) is 0.130. The van der Waals surface area contributed by atoms with Gasteiger partial charge in [0, 0.05) is 19.5 Å². The van der Waals surface area contributed by atoms with Crippen molar-refractivity contribution in [2.45, 2.75) is 13.0 Å². The number of likely N-dealkylation sites (tertiary alicyclic amines) is 1. The number of nitrogens with zero attached hydrogens (tertiary/aromatic N) is 1. The fourth-order valence-electron chi connectivity index (χ4n) is 2.89. The van der Waals surface area contributed by atoms with Gasteiger partial charge in [-0.25, -0.2) is 0 Å². The van der Waals surface area contributed by atoms with Crippen molar-refractivity contribution in [1.82, 2.24) is 4.90 Å². The molecule has 1 fully saturated rings. The average Bonchev–Trinajstić information content (AvgIpc) is 2.97. The number of anilines is 1. The highest BCUT2D eigenvalue weighted by Crippen LogP contribution is 2.26. The first-order valence-corrected chi connectivity index (χ1v) is 7.93. The molecule has 2 aromatic rings. The molecule has 24 heavy (non-hydrogen) atoms. The minimum atomic E-state index is -0.342. The Kier molecular flexibility index (Phi) is 4.79. The summed E-state index contributed by atoms with van der Waals surface area (Å²) in [5.41, 5.74) is 1.69. The molecule has 2 aromatic carbocycles. The number of methoxy groups -OCH3 is 1. The van der Waals surface area contributed by atoms with E-state index in [0.29, 0.717) is 24.5 Å². The summed E-state index contributed by atoms with van der Waals surface area (Å²) < 4.78 is 5.24. The van der Waals surface area contributed by atoms with E-state index in [1.807, 2.05) is 42.5 Å². The summed E-state index contributed by atoms with van der Waals surface area (Å²) in [6, 6.07) is 17.1. The number of para-hydroxylation sites is 2. The van der Waals surface area contributed by atoms with Crippen LogP contribution < -0.4 is 10.1 Å². The van der Waals surface area contributed by atoms with E-state index in [1.54, 1.807) is 24.1 Å². The van der Waals surface area contributed by atoms with Crippen molar-refractivity contribution in [3.8, 4) is 5.75 Å². The van der Waals surface area contributed by atoms with E-state index >= 15 is 0 Å². The molecule has 1 aliphatic heterocycles. The highest BCUT2D eigenvalue weighted by Gasteiger charge is 2.34. The van der Waals surface area contributed by atoms with Gasteiger partial charge in [-0.15, -0.1) is 0 Å². The van der Waals surface area contributed by atoms with Gasteiger partial charge < -0.3 is 15.0 Å². The van der Waals surface area contributed by atoms with Gasteiger partial charge in [0.15, 0.2) is 0 Å². The molecule has 1 N–H and O–H groups in total. The molecule has 124 valence electrons. The lowest BCUT2D eigenvalue weighted by Gasteiger charge is -2.17. The van der Waals surface area contributed by atoms with E-state index in [4.69, 9.17) is 4.74 Å². The first-order valence-electron chi connectivity index (χ1n) is 7.93. The predicted molar refractivity (Wildman–Crippen MR) is 91.6 cm³/mol. The fourth-order valence-corrected chi connectivity index (χ4v) is 2.89. The second-order valence-electron chi connectivity index (χ2n) is 5.85. The highest BCUT2D eigenvalue weighted by atomic mass is 16.5. The van der Waals surface area contributed by atoms with Crippen LogP contribution in [0.5, 0.6) is 5.75 Å². The second-order valence-corrected chi connectivity index (χ2v) is 5.85. The van der Waals surface area contributed by atoms with Crippen molar-refractivity contribution in [2.75, 3.05) is 19.0 Å². The van der Waals surface area contributed by atoms with Crippen LogP contribution >= 0.6 is 0 Å². The smallest absolute Gasteiger partial charge is 0.229 e. The minimum absolute atomic E-state index is 0.0130. The summed E-state index contributed by atoms with van der Waals surface area (Å²) in [6.45, 7) is 0.979. The maximum Gasteiger partial charge on any atom is 0.229 e. The zero-order chi connectivity index (χ0) is 16.9. The summed E-state index contributed by atoms with van der Waals surface area (Å²) >= 11 is 0. The van der Waals surface area contributed by atoms with E-state index in [2.05, 4.69) is 5.32 Å². The Morgan fingerprint density at radius 2 is 1.88 bits per heavy atom. The Morgan fingerprint density at radius 1 is 1.17 bits per heavy atom. The van der Waals surface area contributed by atoms with Gasteiger partial charge >= 0.3 is 0 Å². The van der Waals surface area contributed by atoms with Gasteiger partial charge in [0.25, 0.3) is 0 Å². The van der Waals surface area contributed by atoms with Crippen molar-refractivity contribution in [1.29, 1.82) is 0 Å². The number of benzene rings is 2. The van der Waals surface area contributed by atoms with Crippen molar-refractivity contribution in [3.63, 3.8) is 0 Å². The first kappa shape index (κ1) is 16.1. The minimum Gasteiger partial charge on any atom is -0.495 e. The van der Waals surface area contributed by atoms with Crippen LogP contribution in [0.1, 0.15) is 12.0 Å². The average molecular weight is 324 g/mol. The van der Waals surface area contributed by atoms with Gasteiger partial charge in [0.2, 0.25) is 11.8 Å². The van der Waals surface area contributed by atoms with Crippen LogP contribution in [0.3, 0.4) is 0 Å². The molecule has 2 amide bonds. The number of carbonyl (C=O) groups excluding carboxylic acids is 2. The van der Waals surface area contributed by atoms with E-state index in [0.717, 1.165) is 5.56 Å². The Hall–Kier alpha value is -2.82. The number of hydrogen-bond donors (Lipinski definition) is 1. The fraction of sp³-hybridized carbons (Fsp3) is 0.263. The summed E-state index contributed by atoms with van der Waals surface area (Å²) in [4.78, 5) is 26.4. The third kappa shape index (κ3) is 3.56. The zero-order valence-corrected chi connectivity index (χ0v) is 13.6. The first-order chi connectivity index (χ1) is 11.7. The summed E-state index contributed by atoms with van der Waals surface area (Å²) in [6.07, 6.45) is 0.244. The lowest BCUT2D eigenvalue weighted by atomic mass is 10.1. The summed E-state index contributed by atoms with van der Waals surface area (Å²) in [5, 5.41) is 2.87. The molecule has 0 aliphatic carbocycles. The van der Waals surface area contributed by atoms with Gasteiger partial charge in [0.1, 0.15) is 5.75 Å². The van der Waals surface area contributed by atoms with Crippen LogP contribution in [0.4, 0.5) is 5.69 Å². The van der Waals surface area contributed by atoms with E-state index in [-0.39, 0.29) is 24.2 Å². The molecule has 0 radical (unpaired) electrons. The monoisotopic (exact) mass is 324 g/mol. The van der Waals surface area contributed by atoms with Crippen LogP contribution in [-0.2, 0) is 16.1 Å². The molecule has 1 heterocycles. The zero-order valence-electron chi connectivity index (χ0n) is 13.6. The van der Waals surface area contributed by atoms with Crippen LogP contribution in [0, 0.1) is 5.92 Å². The van der Waals surface area contributed by atoms with Gasteiger partial charge in [0.05, 0.1) is 18.7 Å². The van der Waals surface area contributed by atoms with Crippen molar-refractivity contribution < 1.29 is 14.3 Å². The molecule has 1 aliphatic rings. The number of hydrogen-bond acceptors (Lipinski definition) is 3.